The van der Waals surface area contributed by atoms with Gasteiger partial charge in [-0.05, 0) is 49.3 Å². The molecule has 0 radical (unpaired) electrons. The summed E-state index contributed by atoms with van der Waals surface area (Å²) in [5.74, 6) is 1.22. The van der Waals surface area contributed by atoms with Gasteiger partial charge in [0.2, 0.25) is 5.91 Å². The standard InChI is InChI=1S/C18H23ClN2O3/c1-24-7-6-20-17(22)14-5-4-13(10-16(14)19)21-18(23)15-9-11-2-3-12(15)8-11/h4-5,10-12,15H,2-3,6-9H2,1H3,(H,20,22)(H,21,23). The SMILES string of the molecule is COCCNC(=O)c1ccc(NC(=O)C2CC3CCC2C3)cc1Cl. The van der Waals surface area contributed by atoms with E-state index in [1.165, 1.54) is 19.3 Å². The average Bonchev–Trinajstić information content (AvgIpc) is 3.18. The maximum absolute atomic E-state index is 12.5. The molecule has 3 atom stereocenters. The summed E-state index contributed by atoms with van der Waals surface area (Å²) in [6.07, 6.45) is 4.64. The molecular weight excluding hydrogens is 328 g/mol. The van der Waals surface area contributed by atoms with Crippen LogP contribution in [0.4, 0.5) is 5.69 Å². The Morgan fingerprint density at radius 3 is 2.75 bits per heavy atom. The highest BCUT2D eigenvalue weighted by atomic mass is 35.5. The zero-order valence-corrected chi connectivity index (χ0v) is 14.6. The molecule has 3 rings (SSSR count). The first-order valence-electron chi connectivity index (χ1n) is 8.46. The second kappa shape index (κ2) is 7.53. The molecule has 1 aromatic rings. The van der Waals surface area contributed by atoms with Gasteiger partial charge in [-0.25, -0.2) is 0 Å². The number of ether oxygens (including phenoxy) is 1. The van der Waals surface area contributed by atoms with Crippen molar-refractivity contribution in [2.24, 2.45) is 17.8 Å². The first kappa shape index (κ1) is 17.2. The van der Waals surface area contributed by atoms with Gasteiger partial charge in [-0.1, -0.05) is 18.0 Å². The number of hydrogen-bond donors (Lipinski definition) is 2. The fraction of sp³-hybridized carbons (Fsp3) is 0.556. The van der Waals surface area contributed by atoms with Crippen molar-refractivity contribution >= 4 is 29.1 Å². The molecule has 5 nitrogen and oxygen atoms in total. The van der Waals surface area contributed by atoms with Gasteiger partial charge < -0.3 is 15.4 Å². The van der Waals surface area contributed by atoms with Gasteiger partial charge in [0.05, 0.1) is 17.2 Å². The van der Waals surface area contributed by atoms with Crippen LogP contribution < -0.4 is 10.6 Å². The van der Waals surface area contributed by atoms with Crippen LogP contribution in [0.5, 0.6) is 0 Å². The Balaban J connectivity index is 1.60. The van der Waals surface area contributed by atoms with Crippen molar-refractivity contribution in [3.05, 3.63) is 28.8 Å². The van der Waals surface area contributed by atoms with E-state index in [0.717, 1.165) is 12.3 Å². The summed E-state index contributed by atoms with van der Waals surface area (Å²) < 4.78 is 4.90. The van der Waals surface area contributed by atoms with Crippen LogP contribution in [-0.2, 0) is 9.53 Å². The van der Waals surface area contributed by atoms with Gasteiger partial charge in [0, 0.05) is 25.3 Å². The van der Waals surface area contributed by atoms with Gasteiger partial charge >= 0.3 is 0 Å². The topological polar surface area (TPSA) is 67.4 Å². The molecule has 2 aliphatic carbocycles. The molecule has 2 fully saturated rings. The van der Waals surface area contributed by atoms with E-state index >= 15 is 0 Å². The quantitative estimate of drug-likeness (QED) is 0.775. The lowest BCUT2D eigenvalue weighted by Gasteiger charge is -2.21. The molecule has 0 aromatic heterocycles. The van der Waals surface area contributed by atoms with E-state index in [1.807, 2.05) is 0 Å². The number of fused-ring (bicyclic) bond motifs is 2. The molecule has 0 spiro atoms. The lowest BCUT2D eigenvalue weighted by Crippen LogP contribution is -2.28. The van der Waals surface area contributed by atoms with E-state index in [4.69, 9.17) is 16.3 Å². The third kappa shape index (κ3) is 3.73. The molecule has 130 valence electrons. The molecule has 0 aliphatic heterocycles. The van der Waals surface area contributed by atoms with Crippen molar-refractivity contribution in [2.75, 3.05) is 25.6 Å². The number of anilines is 1. The van der Waals surface area contributed by atoms with Gasteiger partial charge in [-0.3, -0.25) is 9.59 Å². The maximum atomic E-state index is 12.5. The highest BCUT2D eigenvalue weighted by molar-refractivity contribution is 6.34. The molecule has 2 N–H and O–H groups in total. The third-order valence-electron chi connectivity index (χ3n) is 5.15. The molecule has 2 bridgehead atoms. The predicted molar refractivity (Wildman–Crippen MR) is 93.2 cm³/mol. The Morgan fingerprint density at radius 1 is 1.29 bits per heavy atom. The molecule has 6 heteroatoms. The first-order chi connectivity index (χ1) is 11.6. The minimum Gasteiger partial charge on any atom is -0.383 e. The molecule has 0 saturated heterocycles. The summed E-state index contributed by atoms with van der Waals surface area (Å²) >= 11 is 6.20. The molecule has 0 heterocycles. The minimum absolute atomic E-state index is 0.0792. The second-order valence-electron chi connectivity index (χ2n) is 6.71. The van der Waals surface area contributed by atoms with Crippen LogP contribution in [-0.4, -0.2) is 32.1 Å². The molecule has 2 saturated carbocycles. The van der Waals surface area contributed by atoms with E-state index in [1.54, 1.807) is 25.3 Å². The van der Waals surface area contributed by atoms with E-state index in [0.29, 0.717) is 35.3 Å². The third-order valence-corrected chi connectivity index (χ3v) is 5.46. The van der Waals surface area contributed by atoms with Crippen molar-refractivity contribution in [3.8, 4) is 0 Å². The highest BCUT2D eigenvalue weighted by Crippen LogP contribution is 2.48. The first-order valence-corrected chi connectivity index (χ1v) is 8.84. The molecule has 3 unspecified atom stereocenters. The van der Waals surface area contributed by atoms with E-state index in [2.05, 4.69) is 10.6 Å². The van der Waals surface area contributed by atoms with E-state index in [-0.39, 0.29) is 17.7 Å². The smallest absolute Gasteiger partial charge is 0.252 e. The monoisotopic (exact) mass is 350 g/mol. The number of nitrogens with one attached hydrogen (secondary N) is 2. The van der Waals surface area contributed by atoms with Crippen LogP contribution in [0.3, 0.4) is 0 Å². The van der Waals surface area contributed by atoms with Gasteiger partial charge in [0.15, 0.2) is 0 Å². The Kier molecular flexibility index (Phi) is 5.41. The average molecular weight is 351 g/mol. The van der Waals surface area contributed by atoms with Crippen molar-refractivity contribution in [1.82, 2.24) is 5.32 Å². The largest absolute Gasteiger partial charge is 0.383 e. The fourth-order valence-corrected chi connectivity index (χ4v) is 4.21. The number of rotatable bonds is 6. The number of carbonyl (C=O) groups excluding carboxylic acids is 2. The summed E-state index contributed by atoms with van der Waals surface area (Å²) in [4.78, 5) is 24.5. The number of carbonyl (C=O) groups is 2. The fourth-order valence-electron chi connectivity index (χ4n) is 3.94. The van der Waals surface area contributed by atoms with Crippen LogP contribution in [0.15, 0.2) is 18.2 Å². The van der Waals surface area contributed by atoms with Crippen LogP contribution in [0.1, 0.15) is 36.0 Å². The minimum atomic E-state index is -0.247. The Labute approximate surface area is 147 Å². The molecule has 2 amide bonds. The summed E-state index contributed by atoms with van der Waals surface area (Å²) in [6.45, 7) is 0.870. The number of hydrogen-bond acceptors (Lipinski definition) is 3. The Bertz CT molecular complexity index is 635. The molecule has 2 aliphatic rings. The van der Waals surface area contributed by atoms with Crippen LogP contribution in [0.2, 0.25) is 5.02 Å². The van der Waals surface area contributed by atoms with Crippen molar-refractivity contribution in [3.63, 3.8) is 0 Å². The van der Waals surface area contributed by atoms with Gasteiger partial charge in [-0.2, -0.15) is 0 Å². The summed E-state index contributed by atoms with van der Waals surface area (Å²) in [6, 6.07) is 5.00. The molecule has 1 aromatic carbocycles. The summed E-state index contributed by atoms with van der Waals surface area (Å²) in [5.41, 5.74) is 1.03. The zero-order valence-electron chi connectivity index (χ0n) is 13.8. The maximum Gasteiger partial charge on any atom is 0.252 e. The van der Waals surface area contributed by atoms with Crippen LogP contribution >= 0.6 is 11.6 Å². The van der Waals surface area contributed by atoms with Gasteiger partial charge in [-0.15, -0.1) is 0 Å². The van der Waals surface area contributed by atoms with Crippen molar-refractivity contribution in [2.45, 2.75) is 25.7 Å². The normalized spacial score (nSPS) is 24.8. The number of benzene rings is 1. The lowest BCUT2D eigenvalue weighted by molar-refractivity contribution is -0.121. The molecule has 24 heavy (non-hydrogen) atoms. The van der Waals surface area contributed by atoms with Crippen LogP contribution in [0.25, 0.3) is 0 Å². The Hall–Kier alpha value is -1.59. The van der Waals surface area contributed by atoms with Crippen molar-refractivity contribution < 1.29 is 14.3 Å². The summed E-state index contributed by atoms with van der Waals surface area (Å²) in [7, 11) is 1.58. The van der Waals surface area contributed by atoms with Gasteiger partial charge in [0.1, 0.15) is 0 Å². The number of amides is 2. The Morgan fingerprint density at radius 2 is 2.12 bits per heavy atom. The lowest BCUT2D eigenvalue weighted by atomic mass is 9.88. The van der Waals surface area contributed by atoms with Crippen molar-refractivity contribution in [1.29, 1.82) is 0 Å². The number of methoxy groups -OCH3 is 1. The van der Waals surface area contributed by atoms with Crippen LogP contribution in [0, 0.1) is 17.8 Å². The summed E-state index contributed by atoms with van der Waals surface area (Å²) in [5, 5.41) is 6.01. The zero-order chi connectivity index (χ0) is 17.1. The molecular formula is C18H23ClN2O3. The predicted octanol–water partition coefficient (Wildman–Crippen LogP) is 3.09. The number of halogens is 1. The highest BCUT2D eigenvalue weighted by Gasteiger charge is 2.43. The van der Waals surface area contributed by atoms with Gasteiger partial charge in [0.25, 0.3) is 5.91 Å². The van der Waals surface area contributed by atoms with E-state index < -0.39 is 0 Å². The van der Waals surface area contributed by atoms with E-state index in [9.17, 15) is 9.59 Å². The second-order valence-corrected chi connectivity index (χ2v) is 7.12.